The summed E-state index contributed by atoms with van der Waals surface area (Å²) in [5.74, 6) is 0.420. The van der Waals surface area contributed by atoms with Crippen LogP contribution in [0.3, 0.4) is 0 Å². The number of nitrogens with zero attached hydrogens (tertiary/aromatic N) is 2. The summed E-state index contributed by atoms with van der Waals surface area (Å²) in [6.45, 7) is 3.68. The molecule has 2 heterocycles. The minimum Gasteiger partial charge on any atom is -0.322 e. The van der Waals surface area contributed by atoms with E-state index in [-0.39, 0.29) is 18.0 Å². The lowest BCUT2D eigenvalue weighted by atomic mass is 10.3. The van der Waals surface area contributed by atoms with Crippen LogP contribution >= 0.6 is 0 Å². The zero-order valence-corrected chi connectivity index (χ0v) is 9.24. The van der Waals surface area contributed by atoms with E-state index in [9.17, 15) is 9.59 Å². The van der Waals surface area contributed by atoms with Crippen LogP contribution in [-0.2, 0) is 9.59 Å². The van der Waals surface area contributed by atoms with Gasteiger partial charge in [0.05, 0.1) is 0 Å². The molecule has 0 aromatic heterocycles. The van der Waals surface area contributed by atoms with Crippen molar-refractivity contribution in [3.8, 4) is 0 Å². The highest BCUT2D eigenvalue weighted by Crippen LogP contribution is 2.22. The summed E-state index contributed by atoms with van der Waals surface area (Å²) in [7, 11) is 0. The molecule has 0 aliphatic carbocycles. The second-order valence-electron chi connectivity index (χ2n) is 4.27. The molecule has 0 radical (unpaired) electrons. The second kappa shape index (κ2) is 4.21. The van der Waals surface area contributed by atoms with E-state index in [0.717, 1.165) is 32.4 Å². The first-order valence-electron chi connectivity index (χ1n) is 5.83. The quantitative estimate of drug-likeness (QED) is 0.696. The fraction of sp³-hybridized carbons (Fsp3) is 0.818. The molecule has 0 spiro atoms. The summed E-state index contributed by atoms with van der Waals surface area (Å²) >= 11 is 0. The van der Waals surface area contributed by atoms with Gasteiger partial charge in [0.2, 0.25) is 11.8 Å². The molecule has 4 nitrogen and oxygen atoms in total. The van der Waals surface area contributed by atoms with E-state index in [1.54, 1.807) is 0 Å². The lowest BCUT2D eigenvalue weighted by Crippen LogP contribution is -2.49. The first kappa shape index (κ1) is 10.5. The SMILES string of the molecule is CCC(N1CCCC1=O)N1CCCC1=O. The third-order valence-electron chi connectivity index (χ3n) is 3.30. The first-order chi connectivity index (χ1) is 7.24. The van der Waals surface area contributed by atoms with Gasteiger partial charge in [-0.25, -0.2) is 0 Å². The normalized spacial score (nSPS) is 22.3. The minimum absolute atomic E-state index is 0.0231. The summed E-state index contributed by atoms with van der Waals surface area (Å²) in [5, 5.41) is 0. The smallest absolute Gasteiger partial charge is 0.224 e. The van der Waals surface area contributed by atoms with Gasteiger partial charge in [-0.05, 0) is 19.3 Å². The molecule has 4 heteroatoms. The number of likely N-dealkylation sites (tertiary alicyclic amines) is 2. The maximum atomic E-state index is 11.6. The van der Waals surface area contributed by atoms with Crippen molar-refractivity contribution in [1.29, 1.82) is 0 Å². The zero-order chi connectivity index (χ0) is 10.8. The fourth-order valence-electron chi connectivity index (χ4n) is 2.58. The number of carbonyl (C=O) groups excluding carboxylic acids is 2. The summed E-state index contributed by atoms with van der Waals surface area (Å²) in [4.78, 5) is 27.0. The summed E-state index contributed by atoms with van der Waals surface area (Å²) < 4.78 is 0. The van der Waals surface area contributed by atoms with Crippen LogP contribution in [0.4, 0.5) is 0 Å². The molecule has 15 heavy (non-hydrogen) atoms. The average molecular weight is 210 g/mol. The molecule has 0 saturated carbocycles. The van der Waals surface area contributed by atoms with E-state index >= 15 is 0 Å². The average Bonchev–Trinajstić information content (AvgIpc) is 2.80. The van der Waals surface area contributed by atoms with Gasteiger partial charge < -0.3 is 9.80 Å². The Kier molecular flexibility index (Phi) is 2.93. The van der Waals surface area contributed by atoms with Gasteiger partial charge >= 0.3 is 0 Å². The van der Waals surface area contributed by atoms with E-state index in [0.29, 0.717) is 12.8 Å². The Morgan fingerprint density at radius 2 is 1.53 bits per heavy atom. The minimum atomic E-state index is 0.0231. The Labute approximate surface area is 90.2 Å². The van der Waals surface area contributed by atoms with Gasteiger partial charge in [-0.2, -0.15) is 0 Å². The number of hydrogen-bond donors (Lipinski definition) is 0. The first-order valence-corrected chi connectivity index (χ1v) is 5.83. The van der Waals surface area contributed by atoms with Crippen LogP contribution in [0, 0.1) is 0 Å². The standard InChI is InChI=1S/C11H18N2O2/c1-2-9(12-7-3-5-10(12)14)13-8-4-6-11(13)15/h9H,2-8H2,1H3. The van der Waals surface area contributed by atoms with Crippen molar-refractivity contribution in [2.45, 2.75) is 45.2 Å². The molecule has 0 atom stereocenters. The fourth-order valence-corrected chi connectivity index (χ4v) is 2.58. The summed E-state index contributed by atoms with van der Waals surface area (Å²) in [5.41, 5.74) is 0. The van der Waals surface area contributed by atoms with Crippen LogP contribution in [-0.4, -0.2) is 40.9 Å². The molecule has 2 saturated heterocycles. The number of rotatable bonds is 3. The lowest BCUT2D eigenvalue weighted by Gasteiger charge is -2.34. The molecule has 84 valence electrons. The molecule has 0 aromatic rings. The van der Waals surface area contributed by atoms with Crippen LogP contribution in [0.2, 0.25) is 0 Å². The molecule has 2 aliphatic rings. The van der Waals surface area contributed by atoms with Crippen molar-refractivity contribution in [3.63, 3.8) is 0 Å². The molecular weight excluding hydrogens is 192 g/mol. The Hall–Kier alpha value is -1.06. The molecule has 2 rings (SSSR count). The third-order valence-corrected chi connectivity index (χ3v) is 3.30. The Balaban J connectivity index is 2.09. The van der Waals surface area contributed by atoms with Crippen molar-refractivity contribution in [3.05, 3.63) is 0 Å². The van der Waals surface area contributed by atoms with Crippen LogP contribution < -0.4 is 0 Å². The predicted octanol–water partition coefficient (Wildman–Crippen LogP) is 0.967. The van der Waals surface area contributed by atoms with Crippen molar-refractivity contribution in [2.75, 3.05) is 13.1 Å². The third kappa shape index (κ3) is 1.85. The van der Waals surface area contributed by atoms with E-state index in [2.05, 4.69) is 0 Å². The second-order valence-corrected chi connectivity index (χ2v) is 4.27. The van der Waals surface area contributed by atoms with Gasteiger partial charge in [-0.15, -0.1) is 0 Å². The highest BCUT2D eigenvalue weighted by molar-refractivity contribution is 5.81. The molecule has 0 unspecified atom stereocenters. The molecular formula is C11H18N2O2. The van der Waals surface area contributed by atoms with Crippen LogP contribution in [0.1, 0.15) is 39.0 Å². The van der Waals surface area contributed by atoms with Crippen LogP contribution in [0.25, 0.3) is 0 Å². The lowest BCUT2D eigenvalue weighted by molar-refractivity contribution is -0.140. The molecule has 0 aromatic carbocycles. The van der Waals surface area contributed by atoms with Crippen molar-refractivity contribution in [2.24, 2.45) is 0 Å². The van der Waals surface area contributed by atoms with E-state index < -0.39 is 0 Å². The van der Waals surface area contributed by atoms with Gasteiger partial charge in [-0.3, -0.25) is 9.59 Å². The Morgan fingerprint density at radius 3 is 1.80 bits per heavy atom. The highest BCUT2D eigenvalue weighted by Gasteiger charge is 2.34. The van der Waals surface area contributed by atoms with Gasteiger partial charge in [0.25, 0.3) is 0 Å². The predicted molar refractivity (Wildman–Crippen MR) is 56.0 cm³/mol. The maximum Gasteiger partial charge on any atom is 0.224 e. The van der Waals surface area contributed by atoms with Gasteiger partial charge in [-0.1, -0.05) is 6.92 Å². The van der Waals surface area contributed by atoms with E-state index in [4.69, 9.17) is 0 Å². The zero-order valence-electron chi connectivity index (χ0n) is 9.24. The van der Waals surface area contributed by atoms with E-state index in [1.165, 1.54) is 0 Å². The largest absolute Gasteiger partial charge is 0.322 e. The molecule has 0 N–H and O–H groups in total. The van der Waals surface area contributed by atoms with Crippen molar-refractivity contribution < 1.29 is 9.59 Å². The van der Waals surface area contributed by atoms with Gasteiger partial charge in [0, 0.05) is 25.9 Å². The number of hydrogen-bond acceptors (Lipinski definition) is 2. The topological polar surface area (TPSA) is 40.6 Å². The maximum absolute atomic E-state index is 11.6. The number of amides is 2. The molecule has 2 fully saturated rings. The molecule has 2 amide bonds. The monoisotopic (exact) mass is 210 g/mol. The van der Waals surface area contributed by atoms with E-state index in [1.807, 2.05) is 16.7 Å². The summed E-state index contributed by atoms with van der Waals surface area (Å²) in [6.07, 6.45) is 4.05. The Morgan fingerprint density at radius 1 is 1.07 bits per heavy atom. The van der Waals surface area contributed by atoms with Crippen LogP contribution in [0.5, 0.6) is 0 Å². The van der Waals surface area contributed by atoms with Gasteiger partial charge in [0.15, 0.2) is 0 Å². The van der Waals surface area contributed by atoms with Gasteiger partial charge in [0.1, 0.15) is 6.17 Å². The van der Waals surface area contributed by atoms with Crippen molar-refractivity contribution >= 4 is 11.8 Å². The number of carbonyl (C=O) groups is 2. The van der Waals surface area contributed by atoms with Crippen molar-refractivity contribution in [1.82, 2.24) is 9.80 Å². The Bertz CT molecular complexity index is 252. The summed E-state index contributed by atoms with van der Waals surface area (Å²) in [6, 6.07) is 0. The molecule has 0 bridgehead atoms. The molecule has 2 aliphatic heterocycles. The van der Waals surface area contributed by atoms with Crippen LogP contribution in [0.15, 0.2) is 0 Å². The highest BCUT2D eigenvalue weighted by atomic mass is 16.2.